The van der Waals surface area contributed by atoms with E-state index >= 15 is 0 Å². The molecule has 0 aliphatic carbocycles. The van der Waals surface area contributed by atoms with Crippen molar-refractivity contribution in [1.82, 2.24) is 15.0 Å². The summed E-state index contributed by atoms with van der Waals surface area (Å²) in [6.07, 6.45) is 4.52. The Bertz CT molecular complexity index is 363. The van der Waals surface area contributed by atoms with E-state index in [9.17, 15) is 9.59 Å². The van der Waals surface area contributed by atoms with Crippen LogP contribution in [0.1, 0.15) is 40.0 Å². The lowest BCUT2D eigenvalue weighted by atomic mass is 9.97. The monoisotopic (exact) mass is 289 g/mol. The Morgan fingerprint density at radius 1 is 1.47 bits per heavy atom. The third-order valence-electron chi connectivity index (χ3n) is 3.22. The van der Waals surface area contributed by atoms with Crippen LogP contribution in [-0.4, -0.2) is 44.4 Å². The Morgan fingerprint density at radius 2 is 2.05 bits per heavy atom. The summed E-state index contributed by atoms with van der Waals surface area (Å²) in [6.45, 7) is 5.90. The molecule has 0 aromatic carbocycles. The molecule has 1 saturated heterocycles. The van der Waals surface area contributed by atoms with E-state index in [0.29, 0.717) is 0 Å². The normalized spacial score (nSPS) is 20.4. The maximum absolute atomic E-state index is 12.3. The van der Waals surface area contributed by atoms with E-state index in [2.05, 4.69) is 6.92 Å². The quantitative estimate of drug-likeness (QED) is 0.592. The first-order valence-corrected chi connectivity index (χ1v) is 7.56. The van der Waals surface area contributed by atoms with Gasteiger partial charge in [-0.25, -0.2) is 25.4 Å². The van der Waals surface area contributed by atoms with Gasteiger partial charge in [-0.3, -0.25) is 0 Å². The molecule has 1 atom stereocenters. The molecule has 1 rings (SSSR count). The molecule has 1 unspecified atom stereocenters. The van der Waals surface area contributed by atoms with Crippen molar-refractivity contribution in [2.75, 3.05) is 6.26 Å². The molecule has 0 radical (unpaired) electrons. The minimum Gasteiger partial charge on any atom is -0.350 e. The van der Waals surface area contributed by atoms with Crippen LogP contribution in [0.4, 0.5) is 9.59 Å². The molecule has 0 aromatic rings. The molecule has 1 aliphatic rings. The number of carbonyl (C=O) groups excluding carboxylic acids is 2. The minimum absolute atomic E-state index is 0.403. The Hall–Kier alpha value is -1.15. The van der Waals surface area contributed by atoms with Crippen LogP contribution < -0.4 is 11.6 Å². The van der Waals surface area contributed by atoms with Gasteiger partial charge in [0.1, 0.15) is 0 Å². The summed E-state index contributed by atoms with van der Waals surface area (Å²) in [4.78, 5) is 23.9. The first-order valence-electron chi connectivity index (χ1n) is 6.27. The maximum Gasteiger partial charge on any atom is 0.356 e. The van der Waals surface area contributed by atoms with Gasteiger partial charge in [0.05, 0.1) is 5.54 Å². The number of hydrazine groups is 2. The topological polar surface area (TPSA) is 95.9 Å². The number of rotatable bonds is 5. The molecule has 8 heteroatoms. The number of unbranched alkanes of at least 4 members (excludes halogenated alkanes) is 1. The molecule has 7 nitrogen and oxygen atoms in total. The van der Waals surface area contributed by atoms with Crippen molar-refractivity contribution in [2.24, 2.45) is 11.6 Å². The van der Waals surface area contributed by atoms with Crippen molar-refractivity contribution < 1.29 is 9.59 Å². The van der Waals surface area contributed by atoms with Gasteiger partial charge in [-0.15, -0.1) is 11.8 Å². The first-order chi connectivity index (χ1) is 8.77. The summed E-state index contributed by atoms with van der Waals surface area (Å²) in [6, 6.07) is -1.08. The van der Waals surface area contributed by atoms with Gasteiger partial charge < -0.3 is 5.73 Å². The SMILES string of the molecule is CCCCC(C)(C)N1C(=O)N(N)C(SC)N1C(N)=O. The van der Waals surface area contributed by atoms with Crippen molar-refractivity contribution in [1.29, 1.82) is 0 Å². The van der Waals surface area contributed by atoms with Crippen LogP contribution in [0.3, 0.4) is 0 Å². The van der Waals surface area contributed by atoms with Crippen LogP contribution in [0.25, 0.3) is 0 Å². The van der Waals surface area contributed by atoms with E-state index < -0.39 is 23.1 Å². The average Bonchev–Trinajstić information content (AvgIpc) is 2.60. The van der Waals surface area contributed by atoms with Crippen molar-refractivity contribution in [3.05, 3.63) is 0 Å². The highest BCUT2D eigenvalue weighted by Gasteiger charge is 2.50. The fourth-order valence-electron chi connectivity index (χ4n) is 2.20. The minimum atomic E-state index is -0.676. The molecule has 4 N–H and O–H groups in total. The third-order valence-corrected chi connectivity index (χ3v) is 4.07. The van der Waals surface area contributed by atoms with E-state index in [1.54, 1.807) is 6.26 Å². The molecule has 4 amide bonds. The van der Waals surface area contributed by atoms with E-state index in [0.717, 1.165) is 24.3 Å². The summed E-state index contributed by atoms with van der Waals surface area (Å²) >= 11 is 1.29. The van der Waals surface area contributed by atoms with Crippen LogP contribution >= 0.6 is 11.8 Å². The summed E-state index contributed by atoms with van der Waals surface area (Å²) in [5.74, 6) is 5.75. The number of primary amides is 1. The smallest absolute Gasteiger partial charge is 0.350 e. The molecule has 0 saturated carbocycles. The second-order valence-electron chi connectivity index (χ2n) is 5.16. The number of thioether (sulfide) groups is 1. The zero-order chi connectivity index (χ0) is 14.8. The molecule has 1 fully saturated rings. The fourth-order valence-corrected chi connectivity index (χ4v) is 2.91. The number of hydrogen-bond acceptors (Lipinski definition) is 4. The molecule has 0 bridgehead atoms. The van der Waals surface area contributed by atoms with Gasteiger partial charge in [0.15, 0.2) is 5.50 Å². The lowest BCUT2D eigenvalue weighted by molar-refractivity contribution is -0.000398. The molecule has 110 valence electrons. The van der Waals surface area contributed by atoms with Crippen molar-refractivity contribution >= 4 is 23.8 Å². The Kier molecular flexibility index (Phi) is 4.92. The van der Waals surface area contributed by atoms with Gasteiger partial charge in [0.2, 0.25) is 0 Å². The molecular weight excluding hydrogens is 266 g/mol. The van der Waals surface area contributed by atoms with E-state index in [1.165, 1.54) is 21.8 Å². The second kappa shape index (κ2) is 5.87. The lowest BCUT2D eigenvalue weighted by Crippen LogP contribution is -2.57. The molecule has 1 aliphatic heterocycles. The van der Waals surface area contributed by atoms with E-state index in [4.69, 9.17) is 11.6 Å². The predicted molar refractivity (Wildman–Crippen MR) is 75.6 cm³/mol. The number of carbonyl (C=O) groups is 2. The predicted octanol–water partition coefficient (Wildman–Crippen LogP) is 1.51. The van der Waals surface area contributed by atoms with Gasteiger partial charge in [-0.05, 0) is 26.5 Å². The average molecular weight is 289 g/mol. The molecule has 1 heterocycles. The largest absolute Gasteiger partial charge is 0.356 e. The summed E-state index contributed by atoms with van der Waals surface area (Å²) < 4.78 is 0. The fraction of sp³-hybridized carbons (Fsp3) is 0.818. The van der Waals surface area contributed by atoms with Gasteiger partial charge in [0, 0.05) is 0 Å². The highest BCUT2D eigenvalue weighted by atomic mass is 32.2. The standard InChI is InChI=1S/C11H23N5O2S/c1-5-6-7-11(2,3)16-9(18)14(13)10(19-4)15(16)8(12)17/h10H,5-7,13H2,1-4H3,(H2,12,17). The summed E-state index contributed by atoms with van der Waals surface area (Å²) in [5, 5.41) is 3.66. The summed E-state index contributed by atoms with van der Waals surface area (Å²) in [7, 11) is 0. The number of urea groups is 2. The molecule has 19 heavy (non-hydrogen) atoms. The lowest BCUT2D eigenvalue weighted by Gasteiger charge is -2.39. The Labute approximate surface area is 118 Å². The number of nitrogens with zero attached hydrogens (tertiary/aromatic N) is 3. The van der Waals surface area contributed by atoms with Crippen LogP contribution in [0.15, 0.2) is 0 Å². The Morgan fingerprint density at radius 3 is 2.47 bits per heavy atom. The maximum atomic E-state index is 12.3. The molecule has 0 spiro atoms. The second-order valence-corrected chi connectivity index (χ2v) is 6.06. The van der Waals surface area contributed by atoms with Crippen molar-refractivity contribution in [3.63, 3.8) is 0 Å². The van der Waals surface area contributed by atoms with Crippen LogP contribution in [0.2, 0.25) is 0 Å². The van der Waals surface area contributed by atoms with Crippen LogP contribution in [0, 0.1) is 0 Å². The first kappa shape index (κ1) is 15.9. The summed E-state index contributed by atoms with van der Waals surface area (Å²) in [5.41, 5.74) is 4.30. The van der Waals surface area contributed by atoms with E-state index in [-0.39, 0.29) is 0 Å². The number of nitrogens with two attached hydrogens (primary N) is 2. The van der Waals surface area contributed by atoms with Gasteiger partial charge in [-0.1, -0.05) is 19.8 Å². The van der Waals surface area contributed by atoms with E-state index in [1.807, 2.05) is 13.8 Å². The Balaban J connectivity index is 3.08. The third kappa shape index (κ3) is 2.89. The zero-order valence-electron chi connectivity index (χ0n) is 11.9. The number of hydrogen-bond donors (Lipinski definition) is 2. The van der Waals surface area contributed by atoms with Gasteiger partial charge in [0.25, 0.3) is 0 Å². The van der Waals surface area contributed by atoms with Crippen molar-refractivity contribution in [3.8, 4) is 0 Å². The highest BCUT2D eigenvalue weighted by molar-refractivity contribution is 7.99. The molecular formula is C11H23N5O2S. The van der Waals surface area contributed by atoms with Crippen LogP contribution in [0.5, 0.6) is 0 Å². The van der Waals surface area contributed by atoms with Crippen molar-refractivity contribution in [2.45, 2.75) is 51.1 Å². The highest BCUT2D eigenvalue weighted by Crippen LogP contribution is 2.34. The van der Waals surface area contributed by atoms with Crippen LogP contribution in [-0.2, 0) is 0 Å². The van der Waals surface area contributed by atoms with Gasteiger partial charge >= 0.3 is 12.1 Å². The zero-order valence-corrected chi connectivity index (χ0v) is 12.7. The number of amides is 4. The van der Waals surface area contributed by atoms with Gasteiger partial charge in [-0.2, -0.15) is 5.01 Å². The molecule has 0 aromatic heterocycles.